The Morgan fingerprint density at radius 1 is 1.04 bits per heavy atom. The lowest BCUT2D eigenvalue weighted by Crippen LogP contribution is -2.15. The second-order valence-corrected chi connectivity index (χ2v) is 5.97. The number of anilines is 3. The van der Waals surface area contributed by atoms with Crippen LogP contribution in [-0.4, -0.2) is 16.1 Å². The van der Waals surface area contributed by atoms with Gasteiger partial charge in [0, 0.05) is 10.2 Å². The van der Waals surface area contributed by atoms with Crippen molar-refractivity contribution in [2.45, 2.75) is 0 Å². The Kier molecular flexibility index (Phi) is 5.02. The predicted molar refractivity (Wildman–Crippen MR) is 98.6 cm³/mol. The summed E-state index contributed by atoms with van der Waals surface area (Å²) < 4.78 is 0.942. The van der Waals surface area contributed by atoms with Crippen molar-refractivity contribution in [3.63, 3.8) is 0 Å². The molecule has 1 heterocycles. The highest BCUT2D eigenvalue weighted by molar-refractivity contribution is 9.10. The molecule has 2 aromatic carbocycles. The molecule has 0 atom stereocenters. The fourth-order valence-corrected chi connectivity index (χ4v) is 2.51. The van der Waals surface area contributed by atoms with Gasteiger partial charge in [0.2, 0.25) is 0 Å². The number of nitriles is 1. The van der Waals surface area contributed by atoms with E-state index in [4.69, 9.17) is 5.26 Å². The first-order chi connectivity index (χ1) is 12.2. The summed E-state index contributed by atoms with van der Waals surface area (Å²) in [6, 6.07) is 19.6. The predicted octanol–water partition coefficient (Wildman–Crippen LogP) is 4.11. The molecule has 1 aromatic heterocycles. The molecule has 1 amide bonds. The van der Waals surface area contributed by atoms with Gasteiger partial charge in [-0.15, -0.1) is 10.2 Å². The molecule has 0 aliphatic heterocycles. The molecule has 122 valence electrons. The van der Waals surface area contributed by atoms with E-state index in [-0.39, 0.29) is 5.69 Å². The van der Waals surface area contributed by atoms with Crippen molar-refractivity contribution in [1.29, 1.82) is 5.26 Å². The molecule has 0 unspecified atom stereocenters. The second-order valence-electron chi connectivity index (χ2n) is 5.05. The van der Waals surface area contributed by atoms with Gasteiger partial charge in [0.25, 0.3) is 5.91 Å². The molecular formula is C18H12BrN5O. The minimum Gasteiger partial charge on any atom is -0.339 e. The third kappa shape index (κ3) is 4.19. The minimum absolute atomic E-state index is 0.160. The minimum atomic E-state index is -0.427. The van der Waals surface area contributed by atoms with Gasteiger partial charge in [0.15, 0.2) is 11.5 Å². The molecule has 7 heteroatoms. The van der Waals surface area contributed by atoms with Crippen LogP contribution in [-0.2, 0) is 0 Å². The molecule has 0 spiro atoms. The maximum Gasteiger partial charge on any atom is 0.276 e. The number of hydrogen-bond acceptors (Lipinski definition) is 5. The van der Waals surface area contributed by atoms with E-state index in [1.54, 1.807) is 36.4 Å². The Labute approximate surface area is 152 Å². The highest BCUT2D eigenvalue weighted by atomic mass is 79.9. The first-order valence-electron chi connectivity index (χ1n) is 7.32. The van der Waals surface area contributed by atoms with Crippen LogP contribution in [0.3, 0.4) is 0 Å². The molecule has 6 nitrogen and oxygen atoms in total. The molecule has 0 fully saturated rings. The van der Waals surface area contributed by atoms with E-state index >= 15 is 0 Å². The largest absolute Gasteiger partial charge is 0.339 e. The van der Waals surface area contributed by atoms with Crippen LogP contribution < -0.4 is 10.6 Å². The molecule has 0 saturated carbocycles. The Balaban J connectivity index is 1.71. The van der Waals surface area contributed by atoms with Crippen molar-refractivity contribution in [1.82, 2.24) is 10.2 Å². The molecule has 3 rings (SSSR count). The first-order valence-corrected chi connectivity index (χ1v) is 8.12. The Hall–Kier alpha value is -3.24. The van der Waals surface area contributed by atoms with E-state index in [1.807, 2.05) is 30.3 Å². The van der Waals surface area contributed by atoms with Gasteiger partial charge in [-0.25, -0.2) is 0 Å². The zero-order valence-electron chi connectivity index (χ0n) is 12.9. The number of benzene rings is 2. The molecule has 3 aromatic rings. The van der Waals surface area contributed by atoms with Crippen molar-refractivity contribution in [2.24, 2.45) is 0 Å². The number of carbonyl (C=O) groups is 1. The number of amides is 1. The summed E-state index contributed by atoms with van der Waals surface area (Å²) in [5.74, 6) is 0.0938. The third-order valence-electron chi connectivity index (χ3n) is 3.29. The fraction of sp³-hybridized carbons (Fsp3) is 0. The van der Waals surface area contributed by atoms with Crippen molar-refractivity contribution in [3.8, 4) is 6.07 Å². The number of para-hydroxylation sites is 1. The highest BCUT2D eigenvalue weighted by Gasteiger charge is 2.11. The number of carbonyl (C=O) groups excluding carboxylic acids is 1. The third-order valence-corrected chi connectivity index (χ3v) is 3.78. The molecule has 0 bridgehead atoms. The smallest absolute Gasteiger partial charge is 0.276 e. The number of nitrogens with zero attached hydrogens (tertiary/aromatic N) is 3. The lowest BCUT2D eigenvalue weighted by molar-refractivity contribution is 0.102. The lowest BCUT2D eigenvalue weighted by atomic mass is 10.2. The van der Waals surface area contributed by atoms with Gasteiger partial charge in [0.05, 0.1) is 11.3 Å². The second kappa shape index (κ2) is 7.55. The molecular weight excluding hydrogens is 382 g/mol. The molecule has 0 radical (unpaired) electrons. The summed E-state index contributed by atoms with van der Waals surface area (Å²) in [6.45, 7) is 0. The maximum atomic E-state index is 12.2. The van der Waals surface area contributed by atoms with Crippen LogP contribution >= 0.6 is 15.9 Å². The lowest BCUT2D eigenvalue weighted by Gasteiger charge is -2.07. The standard InChI is InChI=1S/C18H12BrN5O/c19-13-5-3-6-14(10-13)21-17-9-8-16(23-24-17)18(25)22-15-7-2-1-4-12(15)11-20/h1-10H,(H,21,24)(H,22,25). The first kappa shape index (κ1) is 16.6. The van der Waals surface area contributed by atoms with E-state index < -0.39 is 5.91 Å². The van der Waals surface area contributed by atoms with E-state index in [9.17, 15) is 4.79 Å². The summed E-state index contributed by atoms with van der Waals surface area (Å²) in [6.07, 6.45) is 0. The average Bonchev–Trinajstić information content (AvgIpc) is 2.63. The summed E-state index contributed by atoms with van der Waals surface area (Å²) in [4.78, 5) is 12.2. The summed E-state index contributed by atoms with van der Waals surface area (Å²) in [5, 5.41) is 22.8. The van der Waals surface area contributed by atoms with Gasteiger partial charge in [-0.3, -0.25) is 4.79 Å². The zero-order valence-corrected chi connectivity index (χ0v) is 14.5. The Morgan fingerprint density at radius 3 is 2.60 bits per heavy atom. The molecule has 25 heavy (non-hydrogen) atoms. The van der Waals surface area contributed by atoms with Crippen LogP contribution in [0.1, 0.15) is 16.1 Å². The van der Waals surface area contributed by atoms with Crippen LogP contribution in [0.5, 0.6) is 0 Å². The van der Waals surface area contributed by atoms with Crippen LogP contribution in [0.15, 0.2) is 65.1 Å². The number of nitrogens with one attached hydrogen (secondary N) is 2. The number of aromatic nitrogens is 2. The van der Waals surface area contributed by atoms with Crippen molar-refractivity contribution >= 4 is 39.0 Å². The van der Waals surface area contributed by atoms with Crippen molar-refractivity contribution in [3.05, 3.63) is 76.4 Å². The Morgan fingerprint density at radius 2 is 1.88 bits per heavy atom. The molecule has 2 N–H and O–H groups in total. The van der Waals surface area contributed by atoms with Gasteiger partial charge in [-0.1, -0.05) is 34.1 Å². The molecule has 0 aliphatic rings. The summed E-state index contributed by atoms with van der Waals surface area (Å²) in [7, 11) is 0. The average molecular weight is 394 g/mol. The zero-order chi connectivity index (χ0) is 17.6. The summed E-state index contributed by atoms with van der Waals surface area (Å²) in [5.41, 5.74) is 1.83. The van der Waals surface area contributed by atoms with E-state index in [0.29, 0.717) is 17.1 Å². The molecule has 0 aliphatic carbocycles. The van der Waals surface area contributed by atoms with Gasteiger partial charge >= 0.3 is 0 Å². The van der Waals surface area contributed by atoms with Crippen molar-refractivity contribution < 1.29 is 4.79 Å². The van der Waals surface area contributed by atoms with Crippen LogP contribution in [0.4, 0.5) is 17.2 Å². The number of rotatable bonds is 4. The van der Waals surface area contributed by atoms with Crippen LogP contribution in [0.25, 0.3) is 0 Å². The van der Waals surface area contributed by atoms with Gasteiger partial charge in [-0.2, -0.15) is 5.26 Å². The van der Waals surface area contributed by atoms with Gasteiger partial charge in [0.1, 0.15) is 6.07 Å². The van der Waals surface area contributed by atoms with Crippen molar-refractivity contribution in [2.75, 3.05) is 10.6 Å². The number of hydrogen-bond donors (Lipinski definition) is 2. The quantitative estimate of drug-likeness (QED) is 0.695. The van der Waals surface area contributed by atoms with E-state index in [0.717, 1.165) is 10.2 Å². The van der Waals surface area contributed by atoms with Gasteiger partial charge in [-0.05, 0) is 42.5 Å². The number of halogens is 1. The van der Waals surface area contributed by atoms with Crippen LogP contribution in [0, 0.1) is 11.3 Å². The monoisotopic (exact) mass is 393 g/mol. The van der Waals surface area contributed by atoms with Crippen LogP contribution in [0.2, 0.25) is 0 Å². The topological polar surface area (TPSA) is 90.7 Å². The molecule has 0 saturated heterocycles. The fourth-order valence-electron chi connectivity index (χ4n) is 2.11. The summed E-state index contributed by atoms with van der Waals surface area (Å²) >= 11 is 3.40. The van der Waals surface area contributed by atoms with E-state index in [1.165, 1.54) is 0 Å². The highest BCUT2D eigenvalue weighted by Crippen LogP contribution is 2.19. The normalized spacial score (nSPS) is 9.92. The Bertz CT molecular complexity index is 950. The van der Waals surface area contributed by atoms with E-state index in [2.05, 4.69) is 36.8 Å². The maximum absolute atomic E-state index is 12.2. The van der Waals surface area contributed by atoms with Gasteiger partial charge < -0.3 is 10.6 Å². The SMILES string of the molecule is N#Cc1ccccc1NC(=O)c1ccc(Nc2cccc(Br)c2)nn1.